The highest BCUT2D eigenvalue weighted by molar-refractivity contribution is 7.89. The van der Waals surface area contributed by atoms with Gasteiger partial charge in [0, 0.05) is 19.6 Å². The van der Waals surface area contributed by atoms with Crippen LogP contribution in [0.3, 0.4) is 0 Å². The number of sulfonamides is 1. The number of piperazine rings is 1. The standard InChI is InChI=1S/C23H30N2O2S/c1-24-16-17-25(23(18-24)21-10-6-3-7-11-21)28(26,27)22-14-12-20(13-15-22)19-8-4-2-5-9-19/h3,6-7,10-15,19,23H,2,4-5,8-9,16-18H2,1H3/t23-/m1/s1. The van der Waals surface area contributed by atoms with E-state index in [1.807, 2.05) is 54.6 Å². The van der Waals surface area contributed by atoms with E-state index in [2.05, 4.69) is 11.9 Å². The van der Waals surface area contributed by atoms with Gasteiger partial charge >= 0.3 is 0 Å². The third kappa shape index (κ3) is 4.02. The summed E-state index contributed by atoms with van der Waals surface area (Å²) in [6.45, 7) is 1.98. The van der Waals surface area contributed by atoms with Crippen LogP contribution in [0.1, 0.15) is 55.2 Å². The SMILES string of the molecule is CN1CCN(S(=O)(=O)c2ccc(C3CCCCC3)cc2)[C@@H](c2ccccc2)C1. The molecule has 2 aromatic carbocycles. The Morgan fingerprint density at radius 2 is 1.50 bits per heavy atom. The molecule has 2 aliphatic rings. The van der Waals surface area contributed by atoms with Crippen molar-refractivity contribution in [1.82, 2.24) is 9.21 Å². The lowest BCUT2D eigenvalue weighted by Crippen LogP contribution is -2.49. The minimum absolute atomic E-state index is 0.150. The molecule has 0 bridgehead atoms. The van der Waals surface area contributed by atoms with Gasteiger partial charge in [0.1, 0.15) is 0 Å². The van der Waals surface area contributed by atoms with E-state index in [0.29, 0.717) is 23.9 Å². The fourth-order valence-electron chi connectivity index (χ4n) is 4.62. The van der Waals surface area contributed by atoms with Crippen LogP contribution in [0.5, 0.6) is 0 Å². The normalized spacial score (nSPS) is 23.0. The lowest BCUT2D eigenvalue weighted by Gasteiger charge is -2.39. The van der Waals surface area contributed by atoms with Crippen LogP contribution in [0.4, 0.5) is 0 Å². The van der Waals surface area contributed by atoms with Gasteiger partial charge in [0.25, 0.3) is 0 Å². The second-order valence-electron chi connectivity index (χ2n) is 8.21. The Kier molecular flexibility index (Phi) is 5.85. The van der Waals surface area contributed by atoms with Crippen LogP contribution in [0, 0.1) is 0 Å². The van der Waals surface area contributed by atoms with E-state index >= 15 is 0 Å². The molecule has 1 saturated carbocycles. The van der Waals surface area contributed by atoms with E-state index in [0.717, 1.165) is 12.1 Å². The van der Waals surface area contributed by atoms with Gasteiger partial charge in [0.05, 0.1) is 10.9 Å². The molecule has 1 saturated heterocycles. The maximum atomic E-state index is 13.5. The maximum Gasteiger partial charge on any atom is 0.243 e. The van der Waals surface area contributed by atoms with Gasteiger partial charge in [0.2, 0.25) is 10.0 Å². The van der Waals surface area contributed by atoms with E-state index in [1.165, 1.54) is 37.7 Å². The molecular weight excluding hydrogens is 368 g/mol. The van der Waals surface area contributed by atoms with Crippen LogP contribution in [0.2, 0.25) is 0 Å². The Hall–Kier alpha value is -1.69. The molecule has 28 heavy (non-hydrogen) atoms. The van der Waals surface area contributed by atoms with Crippen molar-refractivity contribution in [3.8, 4) is 0 Å². The molecule has 2 aromatic rings. The number of hydrogen-bond acceptors (Lipinski definition) is 3. The van der Waals surface area contributed by atoms with Crippen LogP contribution < -0.4 is 0 Å². The predicted molar refractivity (Wildman–Crippen MR) is 113 cm³/mol. The topological polar surface area (TPSA) is 40.6 Å². The first-order valence-corrected chi connectivity index (χ1v) is 11.8. The number of rotatable bonds is 4. The summed E-state index contributed by atoms with van der Waals surface area (Å²) in [5.41, 5.74) is 2.34. The van der Waals surface area contributed by atoms with E-state index in [1.54, 1.807) is 4.31 Å². The molecule has 150 valence electrons. The number of benzene rings is 2. The molecular formula is C23H30N2O2S. The molecule has 0 aromatic heterocycles. The van der Waals surface area contributed by atoms with Gasteiger partial charge in [-0.05, 0) is 49.1 Å². The molecule has 0 unspecified atom stereocenters. The second kappa shape index (κ2) is 8.36. The minimum atomic E-state index is -3.52. The fraction of sp³-hybridized carbons (Fsp3) is 0.478. The summed E-state index contributed by atoms with van der Waals surface area (Å²) in [4.78, 5) is 2.62. The Bertz CT molecular complexity index is 875. The third-order valence-corrected chi connectivity index (χ3v) is 8.20. The highest BCUT2D eigenvalue weighted by Gasteiger charge is 2.36. The van der Waals surface area contributed by atoms with Gasteiger partial charge in [0.15, 0.2) is 0 Å². The zero-order valence-electron chi connectivity index (χ0n) is 16.6. The highest BCUT2D eigenvalue weighted by Crippen LogP contribution is 2.34. The quantitative estimate of drug-likeness (QED) is 0.766. The maximum absolute atomic E-state index is 13.5. The van der Waals surface area contributed by atoms with Crippen molar-refractivity contribution < 1.29 is 8.42 Å². The van der Waals surface area contributed by atoms with Crippen molar-refractivity contribution in [3.05, 3.63) is 65.7 Å². The van der Waals surface area contributed by atoms with Crippen LogP contribution in [-0.2, 0) is 10.0 Å². The second-order valence-corrected chi connectivity index (χ2v) is 10.1. The first-order valence-electron chi connectivity index (χ1n) is 10.4. The van der Waals surface area contributed by atoms with Gasteiger partial charge in [-0.25, -0.2) is 8.42 Å². The van der Waals surface area contributed by atoms with Crippen molar-refractivity contribution in [2.45, 2.75) is 49.0 Å². The summed E-state index contributed by atoms with van der Waals surface area (Å²) >= 11 is 0. The Morgan fingerprint density at radius 1 is 0.821 bits per heavy atom. The summed E-state index contributed by atoms with van der Waals surface area (Å²) in [5, 5.41) is 0. The van der Waals surface area contributed by atoms with Crippen molar-refractivity contribution in [2.75, 3.05) is 26.7 Å². The summed E-state index contributed by atoms with van der Waals surface area (Å²) in [5.74, 6) is 0.589. The lowest BCUT2D eigenvalue weighted by atomic mass is 9.84. The average Bonchev–Trinajstić information content (AvgIpc) is 2.75. The van der Waals surface area contributed by atoms with Crippen LogP contribution >= 0.6 is 0 Å². The van der Waals surface area contributed by atoms with Crippen LogP contribution in [-0.4, -0.2) is 44.3 Å². The highest BCUT2D eigenvalue weighted by atomic mass is 32.2. The average molecular weight is 399 g/mol. The molecule has 1 aliphatic heterocycles. The lowest BCUT2D eigenvalue weighted by molar-refractivity contribution is 0.160. The van der Waals surface area contributed by atoms with Gasteiger partial charge in [-0.3, -0.25) is 0 Å². The molecule has 0 N–H and O–H groups in total. The predicted octanol–water partition coefficient (Wildman–Crippen LogP) is 4.41. The summed E-state index contributed by atoms with van der Waals surface area (Å²) in [6.07, 6.45) is 6.34. The van der Waals surface area contributed by atoms with Crippen molar-refractivity contribution >= 4 is 10.0 Å². The van der Waals surface area contributed by atoms with Crippen LogP contribution in [0.25, 0.3) is 0 Å². The Morgan fingerprint density at radius 3 is 2.18 bits per heavy atom. The summed E-state index contributed by atoms with van der Waals surface area (Å²) in [6, 6.07) is 17.5. The van der Waals surface area contributed by atoms with Crippen molar-refractivity contribution in [1.29, 1.82) is 0 Å². The molecule has 4 nitrogen and oxygen atoms in total. The molecule has 4 rings (SSSR count). The number of likely N-dealkylation sites (N-methyl/N-ethyl adjacent to an activating group) is 1. The van der Waals surface area contributed by atoms with E-state index in [4.69, 9.17) is 0 Å². The van der Waals surface area contributed by atoms with Gasteiger partial charge < -0.3 is 4.90 Å². The van der Waals surface area contributed by atoms with Crippen molar-refractivity contribution in [2.24, 2.45) is 0 Å². The molecule has 2 fully saturated rings. The zero-order chi connectivity index (χ0) is 19.6. The first-order chi connectivity index (χ1) is 13.6. The van der Waals surface area contributed by atoms with E-state index in [9.17, 15) is 8.42 Å². The molecule has 1 heterocycles. The van der Waals surface area contributed by atoms with Crippen molar-refractivity contribution in [3.63, 3.8) is 0 Å². The monoisotopic (exact) mass is 398 g/mol. The molecule has 1 atom stereocenters. The molecule has 5 heteroatoms. The molecule has 0 spiro atoms. The third-order valence-electron chi connectivity index (χ3n) is 6.28. The minimum Gasteiger partial charge on any atom is -0.303 e. The fourth-order valence-corrected chi connectivity index (χ4v) is 6.22. The van der Waals surface area contributed by atoms with Gasteiger partial charge in [-0.2, -0.15) is 4.31 Å². The first kappa shape index (κ1) is 19.6. The van der Waals surface area contributed by atoms with Gasteiger partial charge in [-0.1, -0.05) is 61.7 Å². The number of nitrogens with zero attached hydrogens (tertiary/aromatic N) is 2. The Balaban J connectivity index is 1.60. The Labute approximate surface area is 169 Å². The summed E-state index contributed by atoms with van der Waals surface area (Å²) in [7, 11) is -1.47. The zero-order valence-corrected chi connectivity index (χ0v) is 17.4. The smallest absolute Gasteiger partial charge is 0.243 e. The number of hydrogen-bond donors (Lipinski definition) is 0. The van der Waals surface area contributed by atoms with E-state index < -0.39 is 10.0 Å². The van der Waals surface area contributed by atoms with Crippen LogP contribution in [0.15, 0.2) is 59.5 Å². The molecule has 0 radical (unpaired) electrons. The summed E-state index contributed by atoms with van der Waals surface area (Å²) < 4.78 is 28.6. The molecule has 1 aliphatic carbocycles. The van der Waals surface area contributed by atoms with Gasteiger partial charge in [-0.15, -0.1) is 0 Å². The molecule has 0 amide bonds. The largest absolute Gasteiger partial charge is 0.303 e. The van der Waals surface area contributed by atoms with E-state index in [-0.39, 0.29) is 6.04 Å².